The second-order valence-corrected chi connectivity index (χ2v) is 15.2. The average molecular weight is 693 g/mol. The van der Waals surface area contributed by atoms with Gasteiger partial charge in [-0.25, -0.2) is 13.2 Å². The van der Waals surface area contributed by atoms with Gasteiger partial charge in [0.2, 0.25) is 0 Å². The van der Waals surface area contributed by atoms with Crippen LogP contribution in [0.25, 0.3) is 32.2 Å². The minimum Gasteiger partial charge on any atom is -0.461 e. The molecule has 5 atom stereocenters. The zero-order valence-electron chi connectivity index (χ0n) is 26.9. The molecule has 5 saturated heterocycles. The van der Waals surface area contributed by atoms with Crippen LogP contribution in [-0.2, 0) is 18.0 Å². The van der Waals surface area contributed by atoms with Crippen molar-refractivity contribution in [3.05, 3.63) is 34.5 Å². The van der Waals surface area contributed by atoms with Gasteiger partial charge in [-0.2, -0.15) is 15.2 Å². The number of hydrogen-bond donors (Lipinski definition) is 2. The number of piperazine rings is 1. The van der Waals surface area contributed by atoms with Gasteiger partial charge < -0.3 is 25.2 Å². The number of hydrogen-bond acceptors (Lipinski definition) is 12. The summed E-state index contributed by atoms with van der Waals surface area (Å²) >= 11 is 0.924. The Morgan fingerprint density at radius 2 is 2.00 bits per heavy atom. The minimum absolute atomic E-state index is 0.00439. The quantitative estimate of drug-likeness (QED) is 0.288. The second kappa shape index (κ2) is 11.4. The number of aliphatic hydroxyl groups is 1. The number of pyridine rings is 1. The minimum atomic E-state index is -0.936. The third-order valence-corrected chi connectivity index (χ3v) is 12.1. The van der Waals surface area contributed by atoms with Gasteiger partial charge in [0.05, 0.1) is 52.4 Å². The van der Waals surface area contributed by atoms with E-state index in [0.717, 1.165) is 43.3 Å². The van der Waals surface area contributed by atoms with Crippen molar-refractivity contribution >= 4 is 43.1 Å². The van der Waals surface area contributed by atoms with Gasteiger partial charge in [-0.05, 0) is 43.9 Å². The van der Waals surface area contributed by atoms with Crippen LogP contribution in [0.2, 0.25) is 0 Å². The maximum atomic E-state index is 17.4. The number of benzene rings is 1. The normalized spacial score (nSPS) is 27.0. The van der Waals surface area contributed by atoms with Crippen LogP contribution in [-0.4, -0.2) is 99.1 Å². The number of nitrogens with two attached hydrogens (primary N) is 1. The molecule has 2 unspecified atom stereocenters. The van der Waals surface area contributed by atoms with Crippen molar-refractivity contribution in [2.45, 2.75) is 75.7 Å². The molecule has 6 aliphatic rings. The van der Waals surface area contributed by atoms with Crippen LogP contribution in [0.5, 0.6) is 6.01 Å². The molecule has 0 spiro atoms. The molecular formula is C34H35F3N8O3S. The van der Waals surface area contributed by atoms with Crippen LogP contribution in [0.4, 0.5) is 24.0 Å². The Hall–Kier alpha value is -3.81. The number of piperidine rings is 1. The largest absolute Gasteiger partial charge is 0.461 e. The first-order valence-electron chi connectivity index (χ1n) is 16.8. The molecule has 10 rings (SSSR count). The lowest BCUT2D eigenvalue weighted by atomic mass is 9.86. The summed E-state index contributed by atoms with van der Waals surface area (Å²) in [5.41, 5.74) is 7.14. The lowest BCUT2D eigenvalue weighted by molar-refractivity contribution is 0.0651. The summed E-state index contributed by atoms with van der Waals surface area (Å²) in [6.45, 7) is 5.36. The number of aliphatic hydroxyl groups excluding tert-OH is 1. The topological polar surface area (TPSA) is 137 Å². The molecular weight excluding hydrogens is 657 g/mol. The molecule has 0 saturated carbocycles. The molecule has 15 heteroatoms. The van der Waals surface area contributed by atoms with E-state index in [1.54, 1.807) is 6.92 Å². The number of anilines is 2. The number of aromatic nitrogens is 3. The number of alkyl halides is 1. The van der Waals surface area contributed by atoms with E-state index in [-0.39, 0.29) is 75.3 Å². The molecule has 0 radical (unpaired) electrons. The molecule has 1 aromatic carbocycles. The van der Waals surface area contributed by atoms with Crippen molar-refractivity contribution in [3.8, 4) is 23.3 Å². The predicted molar refractivity (Wildman–Crippen MR) is 177 cm³/mol. The highest BCUT2D eigenvalue weighted by Crippen LogP contribution is 2.49. The van der Waals surface area contributed by atoms with Crippen molar-refractivity contribution < 1.29 is 27.8 Å². The standard InChI is InChI=1S/C34H35F3N8O3S/c1-16(46)9-43-11-18-5-19(12-43)45(18)32-26-22-14-47-13-21(22)24(28-25-20(7-38)31(39)49-30(25)23(36)8-40-28)27(37)29(26)41-33(42-32)48-15-34-3-2-4-44(34)10-17(35)6-34/h8,16-19,46H,2-6,9-15,39H2,1H3/t16-,17-,18?,19?,34+/m1/s1. The summed E-state index contributed by atoms with van der Waals surface area (Å²) in [4.78, 5) is 20.6. The van der Waals surface area contributed by atoms with Crippen molar-refractivity contribution in [2.75, 3.05) is 50.0 Å². The van der Waals surface area contributed by atoms with Crippen LogP contribution < -0.4 is 15.4 Å². The number of ether oxygens (including phenoxy) is 2. The number of halogens is 3. The predicted octanol–water partition coefficient (Wildman–Crippen LogP) is 4.27. The van der Waals surface area contributed by atoms with E-state index in [2.05, 4.69) is 30.7 Å². The fourth-order valence-corrected chi connectivity index (χ4v) is 10.0. The molecule has 49 heavy (non-hydrogen) atoms. The van der Waals surface area contributed by atoms with Crippen LogP contribution in [0, 0.1) is 23.0 Å². The third kappa shape index (κ3) is 4.71. The van der Waals surface area contributed by atoms with Gasteiger partial charge >= 0.3 is 6.01 Å². The fraction of sp³-hybridized carbons (Fsp3) is 0.529. The second-order valence-electron chi connectivity index (χ2n) is 14.2. The highest BCUT2D eigenvalue weighted by atomic mass is 32.1. The van der Waals surface area contributed by atoms with E-state index in [4.69, 9.17) is 20.2 Å². The lowest BCUT2D eigenvalue weighted by Crippen LogP contribution is -2.69. The Morgan fingerprint density at radius 3 is 2.78 bits per heavy atom. The molecule has 3 aromatic heterocycles. The first kappa shape index (κ1) is 31.2. The van der Waals surface area contributed by atoms with Crippen LogP contribution >= 0.6 is 11.3 Å². The van der Waals surface area contributed by atoms with Crippen LogP contribution in [0.3, 0.4) is 0 Å². The first-order chi connectivity index (χ1) is 23.7. The van der Waals surface area contributed by atoms with Gasteiger partial charge in [0.15, 0.2) is 11.6 Å². The van der Waals surface area contributed by atoms with Gasteiger partial charge in [0.25, 0.3) is 0 Å². The molecule has 4 aromatic rings. The number of nitrogens with zero attached hydrogens (tertiary/aromatic N) is 7. The van der Waals surface area contributed by atoms with Gasteiger partial charge in [-0.1, -0.05) is 0 Å². The number of fused-ring (bicyclic) bond motifs is 7. The van der Waals surface area contributed by atoms with Crippen molar-refractivity contribution in [1.82, 2.24) is 24.8 Å². The monoisotopic (exact) mass is 692 g/mol. The molecule has 3 N–H and O–H groups in total. The van der Waals surface area contributed by atoms with Gasteiger partial charge in [0, 0.05) is 55.6 Å². The summed E-state index contributed by atoms with van der Waals surface area (Å²) in [5, 5.41) is 20.8. The number of thiophene rings is 1. The van der Waals surface area contributed by atoms with Gasteiger partial charge in [-0.15, -0.1) is 11.3 Å². The highest BCUT2D eigenvalue weighted by Gasteiger charge is 2.50. The fourth-order valence-electron chi connectivity index (χ4n) is 9.09. The molecule has 6 aliphatic heterocycles. The van der Waals surface area contributed by atoms with Crippen LogP contribution in [0.1, 0.15) is 49.3 Å². The van der Waals surface area contributed by atoms with E-state index in [1.807, 2.05) is 0 Å². The molecule has 5 fully saturated rings. The van der Waals surface area contributed by atoms with Gasteiger partial charge in [0.1, 0.15) is 35.2 Å². The van der Waals surface area contributed by atoms with E-state index >= 15 is 4.39 Å². The summed E-state index contributed by atoms with van der Waals surface area (Å²) in [7, 11) is 0. The molecule has 9 heterocycles. The van der Waals surface area contributed by atoms with E-state index < -0.39 is 29.4 Å². The Labute approximate surface area is 284 Å². The number of nitriles is 1. The molecule has 11 nitrogen and oxygen atoms in total. The SMILES string of the molecule is C[C@@H](O)CN1CC2CC(C1)N2c1nc(OC[C@@]23CCCN2C[C@H](F)C3)nc2c(F)c(-c3ncc(F)c4sc(N)c(C#N)c34)c3c(c12)COC3. The highest BCUT2D eigenvalue weighted by molar-refractivity contribution is 7.23. The number of rotatable bonds is 7. The maximum absolute atomic E-state index is 17.4. The summed E-state index contributed by atoms with van der Waals surface area (Å²) < 4.78 is 59.4. The zero-order chi connectivity index (χ0) is 33.8. The van der Waals surface area contributed by atoms with Crippen molar-refractivity contribution in [1.29, 1.82) is 5.26 Å². The molecule has 0 amide bonds. The molecule has 0 aliphatic carbocycles. The maximum Gasteiger partial charge on any atom is 0.319 e. The third-order valence-electron chi connectivity index (χ3n) is 11.1. The summed E-state index contributed by atoms with van der Waals surface area (Å²) in [5.74, 6) is -0.799. The average Bonchev–Trinajstić information content (AvgIpc) is 3.83. The van der Waals surface area contributed by atoms with E-state index in [1.165, 1.54) is 0 Å². The Bertz CT molecular complexity index is 2060. The summed E-state index contributed by atoms with van der Waals surface area (Å²) in [6.07, 6.45) is 2.66. The Kier molecular flexibility index (Phi) is 7.23. The Morgan fingerprint density at radius 1 is 1.20 bits per heavy atom. The van der Waals surface area contributed by atoms with E-state index in [9.17, 15) is 19.1 Å². The van der Waals surface area contributed by atoms with Crippen LogP contribution in [0.15, 0.2) is 6.20 Å². The summed E-state index contributed by atoms with van der Waals surface area (Å²) in [6, 6.07) is 2.22. The first-order valence-corrected chi connectivity index (χ1v) is 17.6. The zero-order valence-corrected chi connectivity index (χ0v) is 27.7. The molecule has 2 bridgehead atoms. The van der Waals surface area contributed by atoms with Crippen molar-refractivity contribution in [2.24, 2.45) is 0 Å². The van der Waals surface area contributed by atoms with Crippen molar-refractivity contribution in [3.63, 3.8) is 0 Å². The lowest BCUT2D eigenvalue weighted by Gasteiger charge is -2.57. The molecule has 256 valence electrons. The smallest absolute Gasteiger partial charge is 0.319 e. The van der Waals surface area contributed by atoms with E-state index in [0.29, 0.717) is 54.9 Å². The number of nitrogen functional groups attached to an aromatic ring is 1. The Balaban J connectivity index is 1.22. The van der Waals surface area contributed by atoms with Gasteiger partial charge in [-0.3, -0.25) is 14.8 Å².